The summed E-state index contributed by atoms with van der Waals surface area (Å²) >= 11 is 0. The van der Waals surface area contributed by atoms with E-state index in [1.54, 1.807) is 12.3 Å². The van der Waals surface area contributed by atoms with Gasteiger partial charge < -0.3 is 20.4 Å². The van der Waals surface area contributed by atoms with Crippen LogP contribution in [-0.4, -0.2) is 57.1 Å². The van der Waals surface area contributed by atoms with Crippen molar-refractivity contribution in [2.24, 2.45) is 0 Å². The Balaban J connectivity index is 1.87. The van der Waals surface area contributed by atoms with Crippen molar-refractivity contribution in [2.45, 2.75) is 6.42 Å². The van der Waals surface area contributed by atoms with Crippen LogP contribution in [0, 0.1) is 0 Å². The average molecular weight is 341 g/mol. The summed E-state index contributed by atoms with van der Waals surface area (Å²) in [6, 6.07) is 11.3. The molecule has 2 aromatic rings. The molecule has 2 N–H and O–H groups in total. The number of hydrogen-bond donors (Lipinski definition) is 2. The Morgan fingerprint density at radius 2 is 1.68 bits per heavy atom. The maximum atomic E-state index is 12.3. The molecule has 0 aliphatic rings. The third-order valence-corrected chi connectivity index (χ3v) is 3.75. The number of aromatic nitrogens is 1. The third kappa shape index (κ3) is 6.08. The molecule has 0 bridgehead atoms. The number of carbonyl (C=O) groups excluding carboxylic acids is 1. The summed E-state index contributed by atoms with van der Waals surface area (Å²) in [6.07, 6.45) is 2.75. The molecule has 25 heavy (non-hydrogen) atoms. The lowest BCUT2D eigenvalue weighted by Gasteiger charge is -2.13. The van der Waals surface area contributed by atoms with E-state index in [-0.39, 0.29) is 5.91 Å². The lowest BCUT2D eigenvalue weighted by atomic mass is 10.2. The van der Waals surface area contributed by atoms with Crippen molar-refractivity contribution in [3.05, 3.63) is 48.3 Å². The largest absolute Gasteiger partial charge is 0.384 e. The molecule has 134 valence electrons. The van der Waals surface area contributed by atoms with E-state index < -0.39 is 0 Å². The van der Waals surface area contributed by atoms with Gasteiger partial charge >= 0.3 is 0 Å². The summed E-state index contributed by atoms with van der Waals surface area (Å²) in [5.74, 6) is -0.211. The molecule has 1 amide bonds. The van der Waals surface area contributed by atoms with Crippen molar-refractivity contribution < 1.29 is 4.79 Å². The fourth-order valence-corrected chi connectivity index (χ4v) is 2.30. The molecular weight excluding hydrogens is 314 g/mol. The van der Waals surface area contributed by atoms with Crippen molar-refractivity contribution in [1.29, 1.82) is 0 Å². The second-order valence-electron chi connectivity index (χ2n) is 6.41. The summed E-state index contributed by atoms with van der Waals surface area (Å²) in [5, 5.41) is 6.17. The lowest BCUT2D eigenvalue weighted by molar-refractivity contribution is 0.102. The standard InChI is InChI=1S/C19H27N5O/c1-23(2)13-5-12-20-16-8-11-18(21-14-16)19(25)22-15-6-9-17(10-7-15)24(3)4/h6-11,14,20H,5,12-13H2,1-4H3,(H,22,25). The Kier molecular flexibility index (Phi) is 6.77. The first-order valence-electron chi connectivity index (χ1n) is 8.39. The van der Waals surface area contributed by atoms with Gasteiger partial charge in [-0.15, -0.1) is 0 Å². The van der Waals surface area contributed by atoms with E-state index in [0.717, 1.165) is 36.6 Å². The summed E-state index contributed by atoms with van der Waals surface area (Å²) < 4.78 is 0. The Morgan fingerprint density at radius 1 is 1.00 bits per heavy atom. The van der Waals surface area contributed by atoms with Crippen LogP contribution in [0.25, 0.3) is 0 Å². The molecule has 0 saturated heterocycles. The van der Waals surface area contributed by atoms with Gasteiger partial charge in [0.2, 0.25) is 0 Å². The van der Waals surface area contributed by atoms with E-state index >= 15 is 0 Å². The van der Waals surface area contributed by atoms with Crippen molar-refractivity contribution in [3.63, 3.8) is 0 Å². The van der Waals surface area contributed by atoms with Gasteiger partial charge in [-0.3, -0.25) is 4.79 Å². The van der Waals surface area contributed by atoms with Crippen LogP contribution in [0.1, 0.15) is 16.9 Å². The molecule has 0 radical (unpaired) electrons. The van der Waals surface area contributed by atoms with Crippen LogP contribution < -0.4 is 15.5 Å². The van der Waals surface area contributed by atoms with E-state index in [1.807, 2.05) is 49.3 Å². The molecule has 0 saturated carbocycles. The van der Waals surface area contributed by atoms with Crippen LogP contribution in [-0.2, 0) is 0 Å². The molecule has 0 aliphatic heterocycles. The van der Waals surface area contributed by atoms with Crippen LogP contribution in [0.2, 0.25) is 0 Å². The van der Waals surface area contributed by atoms with Crippen molar-refractivity contribution in [3.8, 4) is 0 Å². The van der Waals surface area contributed by atoms with Crippen LogP contribution in [0.15, 0.2) is 42.6 Å². The molecular formula is C19H27N5O. The van der Waals surface area contributed by atoms with Gasteiger partial charge in [-0.2, -0.15) is 0 Å². The van der Waals surface area contributed by atoms with Crippen LogP contribution >= 0.6 is 0 Å². The van der Waals surface area contributed by atoms with Gasteiger partial charge in [-0.1, -0.05) is 0 Å². The third-order valence-electron chi connectivity index (χ3n) is 3.75. The Bertz CT molecular complexity index is 665. The first kappa shape index (κ1) is 18.7. The smallest absolute Gasteiger partial charge is 0.274 e. The second-order valence-corrected chi connectivity index (χ2v) is 6.41. The van der Waals surface area contributed by atoms with Crippen molar-refractivity contribution in [2.75, 3.05) is 56.8 Å². The van der Waals surface area contributed by atoms with Crippen LogP contribution in [0.5, 0.6) is 0 Å². The molecule has 1 aromatic carbocycles. The lowest BCUT2D eigenvalue weighted by Crippen LogP contribution is -2.17. The maximum Gasteiger partial charge on any atom is 0.274 e. The number of nitrogens with one attached hydrogen (secondary N) is 2. The fraction of sp³-hybridized carbons (Fsp3) is 0.368. The Morgan fingerprint density at radius 3 is 2.24 bits per heavy atom. The Labute approximate surface area is 149 Å². The first-order valence-corrected chi connectivity index (χ1v) is 8.39. The highest BCUT2D eigenvalue weighted by Crippen LogP contribution is 2.16. The predicted molar refractivity (Wildman–Crippen MR) is 105 cm³/mol. The normalized spacial score (nSPS) is 10.6. The highest BCUT2D eigenvalue weighted by atomic mass is 16.1. The number of anilines is 3. The highest BCUT2D eigenvalue weighted by Gasteiger charge is 2.08. The summed E-state index contributed by atoms with van der Waals surface area (Å²) in [6.45, 7) is 1.91. The van der Waals surface area contributed by atoms with E-state index in [1.165, 1.54) is 0 Å². The van der Waals surface area contributed by atoms with Crippen molar-refractivity contribution >= 4 is 23.0 Å². The molecule has 0 fully saturated rings. The number of hydrogen-bond acceptors (Lipinski definition) is 5. The average Bonchev–Trinajstić information content (AvgIpc) is 2.59. The number of amides is 1. The topological polar surface area (TPSA) is 60.5 Å². The summed E-state index contributed by atoms with van der Waals surface area (Å²) in [5.41, 5.74) is 3.16. The summed E-state index contributed by atoms with van der Waals surface area (Å²) in [7, 11) is 8.08. The molecule has 6 nitrogen and oxygen atoms in total. The minimum absolute atomic E-state index is 0.211. The maximum absolute atomic E-state index is 12.3. The van der Waals surface area contributed by atoms with Gasteiger partial charge in [0, 0.05) is 32.0 Å². The van der Waals surface area contributed by atoms with Gasteiger partial charge in [0.25, 0.3) is 5.91 Å². The zero-order valence-electron chi connectivity index (χ0n) is 15.4. The molecule has 6 heteroatoms. The molecule has 0 atom stereocenters. The van der Waals surface area contributed by atoms with Gasteiger partial charge in [0.1, 0.15) is 5.69 Å². The molecule has 0 aliphatic carbocycles. The van der Waals surface area contributed by atoms with Gasteiger partial charge in [-0.25, -0.2) is 4.98 Å². The number of carbonyl (C=O) groups is 1. The monoisotopic (exact) mass is 341 g/mol. The zero-order valence-corrected chi connectivity index (χ0v) is 15.4. The van der Waals surface area contributed by atoms with E-state index in [9.17, 15) is 4.79 Å². The Hall–Kier alpha value is -2.60. The summed E-state index contributed by atoms with van der Waals surface area (Å²) in [4.78, 5) is 20.7. The zero-order chi connectivity index (χ0) is 18.2. The second kappa shape index (κ2) is 9.03. The minimum Gasteiger partial charge on any atom is -0.384 e. The van der Waals surface area contributed by atoms with Crippen molar-refractivity contribution in [1.82, 2.24) is 9.88 Å². The van der Waals surface area contributed by atoms with Crippen LogP contribution in [0.4, 0.5) is 17.1 Å². The minimum atomic E-state index is -0.211. The molecule has 0 unspecified atom stereocenters. The predicted octanol–water partition coefficient (Wildman–Crippen LogP) is 2.76. The van der Waals surface area contributed by atoms with Gasteiger partial charge in [0.05, 0.1) is 11.9 Å². The first-order chi connectivity index (χ1) is 12.0. The molecule has 2 rings (SSSR count). The number of benzene rings is 1. The SMILES string of the molecule is CN(C)CCCNc1ccc(C(=O)Nc2ccc(N(C)C)cc2)nc1. The van der Waals surface area contributed by atoms with E-state index in [4.69, 9.17) is 0 Å². The van der Waals surface area contributed by atoms with Gasteiger partial charge in [0.15, 0.2) is 0 Å². The fourth-order valence-electron chi connectivity index (χ4n) is 2.30. The number of nitrogens with zero attached hydrogens (tertiary/aromatic N) is 3. The highest BCUT2D eigenvalue weighted by molar-refractivity contribution is 6.03. The van der Waals surface area contributed by atoms with Gasteiger partial charge in [-0.05, 0) is 63.5 Å². The van der Waals surface area contributed by atoms with E-state index in [2.05, 4.69) is 34.6 Å². The quantitative estimate of drug-likeness (QED) is 0.723. The van der Waals surface area contributed by atoms with Crippen LogP contribution in [0.3, 0.4) is 0 Å². The molecule has 1 aromatic heterocycles. The number of rotatable bonds is 8. The number of pyridine rings is 1. The molecule has 1 heterocycles. The molecule has 0 spiro atoms. The van der Waals surface area contributed by atoms with E-state index in [0.29, 0.717) is 5.69 Å².